The molecule has 0 unspecified atom stereocenters. The largest absolute Gasteiger partial charge is 0.484 e. The third kappa shape index (κ3) is 4.80. The summed E-state index contributed by atoms with van der Waals surface area (Å²) in [6.07, 6.45) is 0.613. The lowest BCUT2D eigenvalue weighted by Crippen LogP contribution is -2.25. The van der Waals surface area contributed by atoms with Crippen molar-refractivity contribution in [3.05, 3.63) is 54.1 Å². The topological polar surface area (TPSA) is 75.7 Å². The molecule has 27 heavy (non-hydrogen) atoms. The molecule has 0 radical (unpaired) electrons. The van der Waals surface area contributed by atoms with Crippen molar-refractivity contribution in [3.63, 3.8) is 0 Å². The molecule has 6 nitrogen and oxygen atoms in total. The third-order valence-electron chi connectivity index (χ3n) is 4.43. The summed E-state index contributed by atoms with van der Waals surface area (Å²) >= 11 is 0. The van der Waals surface area contributed by atoms with Crippen molar-refractivity contribution in [3.8, 4) is 5.75 Å². The van der Waals surface area contributed by atoms with Crippen molar-refractivity contribution in [1.82, 2.24) is 0 Å². The predicted octanol–water partition coefficient (Wildman–Crippen LogP) is 3.37. The Bertz CT molecular complexity index is 908. The highest BCUT2D eigenvalue weighted by Crippen LogP contribution is 2.26. The SMILES string of the molecule is CC(C)c1ccc(OCC(=O)Nc2cccc(N3CCCS3(=O)=O)c2)cc1. The number of sulfonamides is 1. The lowest BCUT2D eigenvalue weighted by molar-refractivity contribution is -0.118. The number of benzene rings is 2. The highest BCUT2D eigenvalue weighted by Gasteiger charge is 2.28. The normalized spacial score (nSPS) is 15.7. The number of hydrogen-bond donors (Lipinski definition) is 1. The maximum absolute atomic E-state index is 12.2. The molecule has 0 spiro atoms. The Labute approximate surface area is 160 Å². The fourth-order valence-electron chi connectivity index (χ4n) is 2.96. The van der Waals surface area contributed by atoms with Crippen LogP contribution in [0, 0.1) is 0 Å². The second-order valence-electron chi connectivity index (χ2n) is 6.85. The van der Waals surface area contributed by atoms with Crippen molar-refractivity contribution < 1.29 is 17.9 Å². The van der Waals surface area contributed by atoms with Gasteiger partial charge in [-0.25, -0.2) is 8.42 Å². The van der Waals surface area contributed by atoms with E-state index in [-0.39, 0.29) is 18.3 Å². The van der Waals surface area contributed by atoms with Crippen LogP contribution in [0.2, 0.25) is 0 Å². The molecule has 144 valence electrons. The Kier molecular flexibility index (Phi) is 5.70. The molecule has 2 aromatic rings. The van der Waals surface area contributed by atoms with E-state index in [0.717, 1.165) is 0 Å². The highest BCUT2D eigenvalue weighted by atomic mass is 32.2. The van der Waals surface area contributed by atoms with Gasteiger partial charge in [0.05, 0.1) is 11.4 Å². The van der Waals surface area contributed by atoms with Gasteiger partial charge >= 0.3 is 0 Å². The number of carbonyl (C=O) groups excluding carboxylic acids is 1. The van der Waals surface area contributed by atoms with E-state index in [9.17, 15) is 13.2 Å². The first-order valence-corrected chi connectivity index (χ1v) is 10.6. The first kappa shape index (κ1) is 19.2. The van der Waals surface area contributed by atoms with E-state index >= 15 is 0 Å². The monoisotopic (exact) mass is 388 g/mol. The smallest absolute Gasteiger partial charge is 0.262 e. The zero-order valence-corrected chi connectivity index (χ0v) is 16.3. The summed E-state index contributed by atoms with van der Waals surface area (Å²) in [5.41, 5.74) is 2.31. The van der Waals surface area contributed by atoms with Gasteiger partial charge in [0.25, 0.3) is 5.91 Å². The van der Waals surface area contributed by atoms with E-state index in [1.165, 1.54) is 9.87 Å². The number of hydrogen-bond acceptors (Lipinski definition) is 4. The Morgan fingerprint density at radius 1 is 1.19 bits per heavy atom. The van der Waals surface area contributed by atoms with E-state index in [1.54, 1.807) is 24.3 Å². The molecule has 1 aliphatic heterocycles. The van der Waals surface area contributed by atoms with Gasteiger partial charge in [0, 0.05) is 12.2 Å². The maximum atomic E-state index is 12.2. The summed E-state index contributed by atoms with van der Waals surface area (Å²) in [5.74, 6) is 0.928. The molecule has 1 heterocycles. The van der Waals surface area contributed by atoms with Crippen LogP contribution in [0.3, 0.4) is 0 Å². The van der Waals surface area contributed by atoms with E-state index in [1.807, 2.05) is 24.3 Å². The van der Waals surface area contributed by atoms with E-state index < -0.39 is 10.0 Å². The molecular formula is C20H24N2O4S. The zero-order valence-electron chi connectivity index (χ0n) is 15.5. The summed E-state index contributed by atoms with van der Waals surface area (Å²) in [7, 11) is -3.25. The summed E-state index contributed by atoms with van der Waals surface area (Å²) in [6, 6.07) is 14.5. The molecule has 0 saturated carbocycles. The van der Waals surface area contributed by atoms with Gasteiger partial charge in [-0.3, -0.25) is 9.10 Å². The van der Waals surface area contributed by atoms with Crippen LogP contribution in [0.5, 0.6) is 5.75 Å². The molecule has 1 amide bonds. The summed E-state index contributed by atoms with van der Waals surface area (Å²) in [4.78, 5) is 12.2. The average Bonchev–Trinajstić information content (AvgIpc) is 2.99. The fourth-order valence-corrected chi connectivity index (χ4v) is 4.52. The first-order chi connectivity index (χ1) is 12.8. The number of nitrogens with zero attached hydrogens (tertiary/aromatic N) is 1. The minimum atomic E-state index is -3.25. The summed E-state index contributed by atoms with van der Waals surface area (Å²) in [6.45, 7) is 4.58. The van der Waals surface area contributed by atoms with Gasteiger partial charge in [-0.2, -0.15) is 0 Å². The number of nitrogens with one attached hydrogen (secondary N) is 1. The molecule has 1 N–H and O–H groups in total. The maximum Gasteiger partial charge on any atom is 0.262 e. The Hall–Kier alpha value is -2.54. The van der Waals surface area contributed by atoms with E-state index in [2.05, 4.69) is 19.2 Å². The van der Waals surface area contributed by atoms with Gasteiger partial charge in [-0.05, 0) is 48.2 Å². The van der Waals surface area contributed by atoms with Gasteiger partial charge in [-0.15, -0.1) is 0 Å². The molecule has 1 aliphatic rings. The average molecular weight is 388 g/mol. The lowest BCUT2D eigenvalue weighted by atomic mass is 10.0. The van der Waals surface area contributed by atoms with Crippen LogP contribution >= 0.6 is 0 Å². The Balaban J connectivity index is 1.59. The minimum Gasteiger partial charge on any atom is -0.484 e. The highest BCUT2D eigenvalue weighted by molar-refractivity contribution is 7.93. The Morgan fingerprint density at radius 3 is 2.56 bits per heavy atom. The van der Waals surface area contributed by atoms with Gasteiger partial charge in [-0.1, -0.05) is 32.0 Å². The molecule has 0 aromatic heterocycles. The summed E-state index contributed by atoms with van der Waals surface area (Å²) in [5, 5.41) is 2.75. The molecule has 7 heteroatoms. The van der Waals surface area contributed by atoms with Gasteiger partial charge in [0.1, 0.15) is 5.75 Å². The molecule has 0 atom stereocenters. The lowest BCUT2D eigenvalue weighted by Gasteiger charge is -2.17. The molecule has 0 bridgehead atoms. The Morgan fingerprint density at radius 2 is 1.93 bits per heavy atom. The number of rotatable bonds is 6. The number of anilines is 2. The van der Waals surface area contributed by atoms with Crippen molar-refractivity contribution in [1.29, 1.82) is 0 Å². The van der Waals surface area contributed by atoms with Gasteiger partial charge in [0.2, 0.25) is 10.0 Å². The van der Waals surface area contributed by atoms with Crippen molar-refractivity contribution in [2.75, 3.05) is 28.5 Å². The first-order valence-electron chi connectivity index (χ1n) is 8.98. The molecule has 3 rings (SSSR count). The van der Waals surface area contributed by atoms with Crippen LogP contribution in [0.25, 0.3) is 0 Å². The van der Waals surface area contributed by atoms with Crippen molar-refractivity contribution in [2.45, 2.75) is 26.2 Å². The van der Waals surface area contributed by atoms with E-state index in [4.69, 9.17) is 4.74 Å². The van der Waals surface area contributed by atoms with Crippen molar-refractivity contribution >= 4 is 27.3 Å². The number of amides is 1. The number of ether oxygens (including phenoxy) is 1. The zero-order chi connectivity index (χ0) is 19.4. The van der Waals surface area contributed by atoms with Crippen LogP contribution in [0.4, 0.5) is 11.4 Å². The quantitative estimate of drug-likeness (QED) is 0.823. The van der Waals surface area contributed by atoms with Gasteiger partial charge in [0.15, 0.2) is 6.61 Å². The van der Waals surface area contributed by atoms with Crippen LogP contribution in [0.1, 0.15) is 31.7 Å². The van der Waals surface area contributed by atoms with Crippen molar-refractivity contribution in [2.24, 2.45) is 0 Å². The van der Waals surface area contributed by atoms with Gasteiger partial charge < -0.3 is 10.1 Å². The van der Waals surface area contributed by atoms with Crippen LogP contribution in [-0.2, 0) is 14.8 Å². The second-order valence-corrected chi connectivity index (χ2v) is 8.87. The van der Waals surface area contributed by atoms with E-state index in [0.29, 0.717) is 36.0 Å². The van der Waals surface area contributed by atoms with Crippen LogP contribution in [0.15, 0.2) is 48.5 Å². The number of carbonyl (C=O) groups is 1. The fraction of sp³-hybridized carbons (Fsp3) is 0.350. The molecule has 2 aromatic carbocycles. The third-order valence-corrected chi connectivity index (χ3v) is 6.30. The van der Waals surface area contributed by atoms with Crippen LogP contribution in [-0.4, -0.2) is 33.2 Å². The predicted molar refractivity (Wildman–Crippen MR) is 107 cm³/mol. The standard InChI is InChI=1S/C20H24N2O4S/c1-15(2)16-7-9-19(10-8-16)26-14-20(23)21-17-5-3-6-18(13-17)22-11-4-12-27(22,24)25/h3,5-10,13,15H,4,11-12,14H2,1-2H3,(H,21,23). The molecular weight excluding hydrogens is 364 g/mol. The van der Waals surface area contributed by atoms with Crippen LogP contribution < -0.4 is 14.4 Å². The molecule has 0 aliphatic carbocycles. The molecule has 1 saturated heterocycles. The second kappa shape index (κ2) is 8.00. The minimum absolute atomic E-state index is 0.118. The molecule has 1 fully saturated rings. The summed E-state index contributed by atoms with van der Waals surface area (Å²) < 4.78 is 31.0.